The lowest BCUT2D eigenvalue weighted by atomic mass is 10.1. The second-order valence-electron chi connectivity index (χ2n) is 8.01. The fraction of sp³-hybridized carbons (Fsp3) is 0.333. The summed E-state index contributed by atoms with van der Waals surface area (Å²) in [6.45, 7) is 1.15. The Bertz CT molecular complexity index is 1260. The third-order valence-electron chi connectivity index (χ3n) is 5.70. The molecule has 1 saturated heterocycles. The molecule has 33 heavy (non-hydrogen) atoms. The largest absolute Gasteiger partial charge is 0.465 e. The maximum absolute atomic E-state index is 12.8. The highest BCUT2D eigenvalue weighted by atomic mass is 32.2. The predicted molar refractivity (Wildman–Crippen MR) is 129 cm³/mol. The number of sulfonamides is 1. The van der Waals surface area contributed by atoms with E-state index >= 15 is 0 Å². The van der Waals surface area contributed by atoms with E-state index in [1.807, 2.05) is 12.1 Å². The minimum absolute atomic E-state index is 0.136. The summed E-state index contributed by atoms with van der Waals surface area (Å²) in [6.07, 6.45) is 3.65. The lowest BCUT2D eigenvalue weighted by molar-refractivity contribution is -0.116. The zero-order valence-corrected chi connectivity index (χ0v) is 20.0. The third kappa shape index (κ3) is 5.43. The van der Waals surface area contributed by atoms with E-state index in [1.54, 1.807) is 40.7 Å². The van der Waals surface area contributed by atoms with Gasteiger partial charge in [0.1, 0.15) is 4.88 Å². The summed E-state index contributed by atoms with van der Waals surface area (Å²) in [5.74, 6) is -0.515. The minimum atomic E-state index is -3.45. The van der Waals surface area contributed by atoms with Gasteiger partial charge in [-0.05, 0) is 66.6 Å². The first kappa shape index (κ1) is 23.4. The van der Waals surface area contributed by atoms with Gasteiger partial charge in [0.15, 0.2) is 0 Å². The number of hydrogen-bond acceptors (Lipinski definition) is 6. The molecule has 0 unspecified atom stereocenters. The van der Waals surface area contributed by atoms with Crippen molar-refractivity contribution in [2.24, 2.45) is 0 Å². The van der Waals surface area contributed by atoms with Crippen LogP contribution >= 0.6 is 11.3 Å². The number of fused-ring (bicyclic) bond motifs is 1. The molecule has 2 heterocycles. The Morgan fingerprint density at radius 2 is 1.76 bits per heavy atom. The molecule has 1 fully saturated rings. The van der Waals surface area contributed by atoms with Crippen LogP contribution in [-0.4, -0.2) is 44.8 Å². The SMILES string of the molecule is COC(=O)c1cc2cc(NC(=O)CCc3ccc(S(=O)(=O)N4CCCCC4)cc3)ccc2s1. The number of carbonyl (C=O) groups is 2. The average Bonchev–Trinajstić information content (AvgIpc) is 3.26. The molecule has 1 amide bonds. The minimum Gasteiger partial charge on any atom is -0.465 e. The highest BCUT2D eigenvalue weighted by molar-refractivity contribution is 7.89. The number of nitrogens with one attached hydrogen (secondary N) is 1. The first-order chi connectivity index (χ1) is 15.9. The predicted octanol–water partition coefficient (Wildman–Crippen LogP) is 4.43. The second-order valence-corrected chi connectivity index (χ2v) is 11.0. The molecule has 3 aromatic rings. The number of esters is 1. The number of aryl methyl sites for hydroxylation is 1. The highest BCUT2D eigenvalue weighted by Crippen LogP contribution is 2.29. The van der Waals surface area contributed by atoms with E-state index in [9.17, 15) is 18.0 Å². The monoisotopic (exact) mass is 486 g/mol. The van der Waals surface area contributed by atoms with Crippen LogP contribution in [0.2, 0.25) is 0 Å². The molecule has 1 aliphatic heterocycles. The third-order valence-corrected chi connectivity index (χ3v) is 8.71. The molecule has 1 aliphatic rings. The number of anilines is 1. The Hall–Kier alpha value is -2.75. The Balaban J connectivity index is 1.34. The normalized spacial score (nSPS) is 14.8. The van der Waals surface area contributed by atoms with E-state index in [0.717, 1.165) is 34.9 Å². The number of rotatable bonds is 7. The maximum Gasteiger partial charge on any atom is 0.348 e. The molecule has 0 atom stereocenters. The van der Waals surface area contributed by atoms with E-state index < -0.39 is 10.0 Å². The summed E-state index contributed by atoms with van der Waals surface area (Å²) in [5, 5.41) is 3.75. The van der Waals surface area contributed by atoms with Crippen LogP contribution in [0.4, 0.5) is 5.69 Å². The van der Waals surface area contributed by atoms with Crippen LogP contribution in [0.1, 0.15) is 40.9 Å². The highest BCUT2D eigenvalue weighted by Gasteiger charge is 2.25. The lowest BCUT2D eigenvalue weighted by Gasteiger charge is -2.25. The van der Waals surface area contributed by atoms with Crippen LogP contribution in [0.15, 0.2) is 53.4 Å². The van der Waals surface area contributed by atoms with Crippen molar-refractivity contribution in [3.63, 3.8) is 0 Å². The van der Waals surface area contributed by atoms with Gasteiger partial charge in [-0.3, -0.25) is 4.79 Å². The zero-order chi connectivity index (χ0) is 23.4. The smallest absolute Gasteiger partial charge is 0.348 e. The van der Waals surface area contributed by atoms with Crippen molar-refractivity contribution >= 4 is 49.0 Å². The van der Waals surface area contributed by atoms with E-state index in [1.165, 1.54) is 18.4 Å². The van der Waals surface area contributed by atoms with Crippen molar-refractivity contribution < 1.29 is 22.7 Å². The van der Waals surface area contributed by atoms with Gasteiger partial charge in [0.05, 0.1) is 12.0 Å². The molecule has 7 nitrogen and oxygen atoms in total. The zero-order valence-electron chi connectivity index (χ0n) is 18.4. The Morgan fingerprint density at radius 3 is 2.45 bits per heavy atom. The number of nitrogens with zero attached hydrogens (tertiary/aromatic N) is 1. The standard InChI is InChI=1S/C24H26N2O5S2/c1-31-24(28)22-16-18-15-19(8-11-21(18)32-22)25-23(27)12-7-17-5-9-20(10-6-17)33(29,30)26-13-3-2-4-14-26/h5-6,8-11,15-16H,2-4,7,12-14H2,1H3,(H,25,27). The average molecular weight is 487 g/mol. The first-order valence-corrected chi connectivity index (χ1v) is 13.1. The number of ether oxygens (including phenoxy) is 1. The number of benzene rings is 2. The van der Waals surface area contributed by atoms with E-state index in [4.69, 9.17) is 4.74 Å². The van der Waals surface area contributed by atoms with Crippen LogP contribution in [0.5, 0.6) is 0 Å². The van der Waals surface area contributed by atoms with Gasteiger partial charge < -0.3 is 10.1 Å². The lowest BCUT2D eigenvalue weighted by Crippen LogP contribution is -2.35. The van der Waals surface area contributed by atoms with Crippen LogP contribution in [0, 0.1) is 0 Å². The molecule has 1 aromatic heterocycles. The van der Waals surface area contributed by atoms with Crippen LogP contribution in [0.3, 0.4) is 0 Å². The number of methoxy groups -OCH3 is 1. The molecule has 9 heteroatoms. The fourth-order valence-corrected chi connectivity index (χ4v) is 6.36. The molecule has 1 N–H and O–H groups in total. The van der Waals surface area contributed by atoms with Crippen molar-refractivity contribution in [1.82, 2.24) is 4.31 Å². The molecule has 0 saturated carbocycles. The molecule has 174 valence electrons. The van der Waals surface area contributed by atoms with Crippen LogP contribution in [-0.2, 0) is 26.0 Å². The fourth-order valence-electron chi connectivity index (χ4n) is 3.89. The number of thiophene rings is 1. The van der Waals surface area contributed by atoms with Gasteiger partial charge in [-0.2, -0.15) is 4.31 Å². The summed E-state index contributed by atoms with van der Waals surface area (Å²) < 4.78 is 32.8. The Labute approximate surface area is 197 Å². The quantitative estimate of drug-likeness (QED) is 0.499. The molecular formula is C24H26N2O5S2. The van der Waals surface area contributed by atoms with E-state index in [2.05, 4.69) is 5.32 Å². The molecule has 4 rings (SSSR count). The topological polar surface area (TPSA) is 92.8 Å². The number of amides is 1. The van der Waals surface area contributed by atoms with E-state index in [-0.39, 0.29) is 18.3 Å². The van der Waals surface area contributed by atoms with Crippen LogP contribution in [0.25, 0.3) is 10.1 Å². The summed E-state index contributed by atoms with van der Waals surface area (Å²) in [7, 11) is -2.10. The van der Waals surface area contributed by atoms with Gasteiger partial charge >= 0.3 is 5.97 Å². The molecule has 2 aromatic carbocycles. The van der Waals surface area contributed by atoms with E-state index in [0.29, 0.717) is 35.0 Å². The molecular weight excluding hydrogens is 460 g/mol. The van der Waals surface area contributed by atoms with Crippen molar-refractivity contribution in [1.29, 1.82) is 0 Å². The van der Waals surface area contributed by atoms with Crippen molar-refractivity contribution in [3.8, 4) is 0 Å². The van der Waals surface area contributed by atoms with Gasteiger partial charge in [-0.15, -0.1) is 11.3 Å². The second kappa shape index (κ2) is 10.0. The summed E-state index contributed by atoms with van der Waals surface area (Å²) in [4.78, 5) is 24.9. The number of hydrogen-bond donors (Lipinski definition) is 1. The molecule has 0 aliphatic carbocycles. The van der Waals surface area contributed by atoms with Crippen molar-refractivity contribution in [2.75, 3.05) is 25.5 Å². The number of piperidine rings is 1. The Kier molecular flexibility index (Phi) is 7.11. The van der Waals surface area contributed by atoms with Gasteiger partial charge in [0.25, 0.3) is 0 Å². The van der Waals surface area contributed by atoms with Crippen molar-refractivity contribution in [3.05, 3.63) is 59.0 Å². The first-order valence-electron chi connectivity index (χ1n) is 10.9. The van der Waals surface area contributed by atoms with Gasteiger partial charge in [-0.25, -0.2) is 13.2 Å². The number of carbonyl (C=O) groups excluding carboxylic acids is 2. The Morgan fingerprint density at radius 1 is 1.03 bits per heavy atom. The molecule has 0 radical (unpaired) electrons. The summed E-state index contributed by atoms with van der Waals surface area (Å²) in [5.41, 5.74) is 1.56. The van der Waals surface area contributed by atoms with Gasteiger partial charge in [0.2, 0.25) is 15.9 Å². The maximum atomic E-state index is 12.8. The molecule has 0 bridgehead atoms. The molecule has 0 spiro atoms. The summed E-state index contributed by atoms with van der Waals surface area (Å²) >= 11 is 1.34. The van der Waals surface area contributed by atoms with Gasteiger partial charge in [0, 0.05) is 29.9 Å². The van der Waals surface area contributed by atoms with Crippen molar-refractivity contribution in [2.45, 2.75) is 37.0 Å². The summed E-state index contributed by atoms with van der Waals surface area (Å²) in [6, 6.07) is 14.0. The van der Waals surface area contributed by atoms with Crippen LogP contribution < -0.4 is 5.32 Å². The van der Waals surface area contributed by atoms with Gasteiger partial charge in [-0.1, -0.05) is 18.6 Å².